The molecule has 1 heterocycles. The third-order valence-electron chi connectivity index (χ3n) is 6.54. The minimum Gasteiger partial charge on any atom is -0.508 e. The molecule has 7 heteroatoms. The molecule has 1 aliphatic heterocycles. The maximum Gasteiger partial charge on any atom is 0.259 e. The predicted octanol–water partition coefficient (Wildman–Crippen LogP) is 5.10. The molecule has 3 aromatic carbocycles. The Bertz CT molecular complexity index is 1270. The number of fused-ring (bicyclic) bond motifs is 2. The van der Waals surface area contributed by atoms with Gasteiger partial charge >= 0.3 is 0 Å². The molecule has 36 heavy (non-hydrogen) atoms. The molecule has 1 atom stereocenters. The van der Waals surface area contributed by atoms with Gasteiger partial charge in [-0.1, -0.05) is 44.2 Å². The summed E-state index contributed by atoms with van der Waals surface area (Å²) < 4.78 is 5.94. The molecule has 190 valence electrons. The molecule has 0 aromatic heterocycles. The van der Waals surface area contributed by atoms with E-state index < -0.39 is 6.10 Å². The Balaban J connectivity index is 1.46. The van der Waals surface area contributed by atoms with E-state index in [-0.39, 0.29) is 47.1 Å². The van der Waals surface area contributed by atoms with E-state index in [1.54, 1.807) is 36.4 Å². The summed E-state index contributed by atoms with van der Waals surface area (Å²) >= 11 is 0. The lowest BCUT2D eigenvalue weighted by Crippen LogP contribution is -2.47. The number of phenolic OH excluding ortho intramolecular Hbond substituents is 2. The number of aromatic hydroxyl groups is 2. The smallest absolute Gasteiger partial charge is 0.259 e. The fourth-order valence-electron chi connectivity index (χ4n) is 5.15. The number of hydrogen-bond acceptors (Lipinski definition) is 6. The number of ether oxygens (including phenoxy) is 1. The van der Waals surface area contributed by atoms with Crippen LogP contribution in [0.3, 0.4) is 0 Å². The molecule has 0 aliphatic carbocycles. The number of carbonyl (C=O) groups is 1. The quantitative estimate of drug-likeness (QED) is 0.301. The molecular formula is C29H34N2O5. The largest absolute Gasteiger partial charge is 0.508 e. The van der Waals surface area contributed by atoms with Gasteiger partial charge in [0.1, 0.15) is 17.2 Å². The Morgan fingerprint density at radius 1 is 0.972 bits per heavy atom. The molecule has 4 rings (SSSR count). The number of benzene rings is 3. The van der Waals surface area contributed by atoms with Gasteiger partial charge in [0.05, 0.1) is 17.4 Å². The lowest BCUT2D eigenvalue weighted by atomic mass is 9.74. The number of anilines is 1. The van der Waals surface area contributed by atoms with Gasteiger partial charge in [-0.05, 0) is 61.1 Å². The highest BCUT2D eigenvalue weighted by Gasteiger charge is 2.32. The number of phenols is 2. The molecule has 5 N–H and O–H groups in total. The maximum atomic E-state index is 13.0. The van der Waals surface area contributed by atoms with Crippen molar-refractivity contribution in [3.63, 3.8) is 0 Å². The molecule has 1 aliphatic rings. The summed E-state index contributed by atoms with van der Waals surface area (Å²) in [7, 11) is 0. The zero-order chi connectivity index (χ0) is 26.1. The second kappa shape index (κ2) is 9.84. The first-order valence-corrected chi connectivity index (χ1v) is 12.1. The predicted molar refractivity (Wildman–Crippen MR) is 140 cm³/mol. The molecule has 0 saturated heterocycles. The van der Waals surface area contributed by atoms with Gasteiger partial charge < -0.3 is 30.7 Å². The number of aliphatic hydroxyl groups excluding tert-OH is 1. The van der Waals surface area contributed by atoms with E-state index >= 15 is 0 Å². The summed E-state index contributed by atoms with van der Waals surface area (Å²) in [6, 6.07) is 17.3. The fourth-order valence-corrected chi connectivity index (χ4v) is 5.15. The van der Waals surface area contributed by atoms with Crippen LogP contribution in [-0.2, 0) is 11.8 Å². The summed E-state index contributed by atoms with van der Waals surface area (Å²) in [5.41, 5.74) is 1.54. The van der Waals surface area contributed by atoms with E-state index in [0.29, 0.717) is 29.0 Å². The number of nitrogens with one attached hydrogen (secondary N) is 2. The second-order valence-corrected chi connectivity index (χ2v) is 10.7. The lowest BCUT2D eigenvalue weighted by molar-refractivity contribution is 0.102. The van der Waals surface area contributed by atoms with Crippen LogP contribution in [0.2, 0.25) is 0 Å². The molecule has 0 saturated carbocycles. The Hall–Kier alpha value is -3.55. The molecule has 7 nitrogen and oxygen atoms in total. The molecular weight excluding hydrogens is 456 g/mol. The van der Waals surface area contributed by atoms with Crippen molar-refractivity contribution >= 4 is 11.6 Å². The first-order chi connectivity index (χ1) is 16.9. The highest BCUT2D eigenvalue weighted by molar-refractivity contribution is 6.09. The minimum absolute atomic E-state index is 0.0409. The Morgan fingerprint density at radius 2 is 1.67 bits per heavy atom. The van der Waals surface area contributed by atoms with E-state index in [1.807, 2.05) is 12.1 Å². The summed E-state index contributed by atoms with van der Waals surface area (Å²) in [6.07, 6.45) is 0.0395. The first kappa shape index (κ1) is 25.5. The van der Waals surface area contributed by atoms with Gasteiger partial charge in [0.25, 0.3) is 5.91 Å². The molecule has 0 fully saturated rings. The van der Waals surface area contributed by atoms with E-state index in [0.717, 1.165) is 5.56 Å². The molecule has 3 aromatic rings. The monoisotopic (exact) mass is 490 g/mol. The SMILES string of the molecule is CC(C)(CC(C)(C)c1ccccc1O)NC[C@H](O)Cc1cc(O)cc2c1C(=O)Nc1ccccc1O2. The van der Waals surface area contributed by atoms with Crippen LogP contribution in [0.15, 0.2) is 60.7 Å². The van der Waals surface area contributed by atoms with Gasteiger partial charge in [-0.3, -0.25) is 4.79 Å². The highest BCUT2D eigenvalue weighted by Crippen LogP contribution is 2.39. The fraction of sp³-hybridized carbons (Fsp3) is 0.345. The number of aliphatic hydroxyl groups is 1. The van der Waals surface area contributed by atoms with Crippen LogP contribution < -0.4 is 15.4 Å². The van der Waals surface area contributed by atoms with Crippen molar-refractivity contribution in [1.29, 1.82) is 0 Å². The van der Waals surface area contributed by atoms with Gasteiger partial charge in [-0.15, -0.1) is 0 Å². The lowest BCUT2D eigenvalue weighted by Gasteiger charge is -2.37. The van der Waals surface area contributed by atoms with Crippen LogP contribution in [0.25, 0.3) is 0 Å². The minimum atomic E-state index is -0.818. The second-order valence-electron chi connectivity index (χ2n) is 10.7. The zero-order valence-corrected chi connectivity index (χ0v) is 21.1. The zero-order valence-electron chi connectivity index (χ0n) is 21.1. The van der Waals surface area contributed by atoms with Gasteiger partial charge in [-0.2, -0.15) is 0 Å². The van der Waals surface area contributed by atoms with Crippen molar-refractivity contribution in [3.8, 4) is 23.0 Å². The third kappa shape index (κ3) is 5.64. The standard InChI is InChI=1S/C29H34N2O5/c1-28(2,21-9-5-7-11-23(21)34)17-29(3,4)30-16-20(33)14-18-13-19(32)15-25-26(18)27(35)31-22-10-6-8-12-24(22)36-25/h5-13,15,20,30,32-34H,14,16-17H2,1-4H3,(H,31,35)/t20-/m1/s1. The number of β-amino-alcohol motifs (C(OH)–C–C–N with tert-alkyl or cyclic N) is 1. The van der Waals surface area contributed by atoms with Gasteiger partial charge in [0, 0.05) is 24.6 Å². The van der Waals surface area contributed by atoms with Crippen molar-refractivity contribution in [2.24, 2.45) is 0 Å². The average Bonchev–Trinajstić information content (AvgIpc) is 2.92. The average molecular weight is 491 g/mol. The van der Waals surface area contributed by atoms with Gasteiger partial charge in [0.2, 0.25) is 0 Å². The van der Waals surface area contributed by atoms with E-state index in [4.69, 9.17) is 4.74 Å². The number of rotatable bonds is 8. The summed E-state index contributed by atoms with van der Waals surface area (Å²) in [6.45, 7) is 8.55. The van der Waals surface area contributed by atoms with Crippen LogP contribution in [-0.4, -0.2) is 39.4 Å². The Kier molecular flexibility index (Phi) is 6.98. The molecule has 0 spiro atoms. The van der Waals surface area contributed by atoms with Crippen molar-refractivity contribution in [1.82, 2.24) is 5.32 Å². The van der Waals surface area contributed by atoms with Crippen molar-refractivity contribution < 1.29 is 24.9 Å². The first-order valence-electron chi connectivity index (χ1n) is 12.1. The topological polar surface area (TPSA) is 111 Å². The normalized spacial score (nSPS) is 14.2. The van der Waals surface area contributed by atoms with E-state index in [1.165, 1.54) is 12.1 Å². The van der Waals surface area contributed by atoms with Crippen LogP contribution in [0.4, 0.5) is 5.69 Å². The van der Waals surface area contributed by atoms with Crippen LogP contribution in [0.5, 0.6) is 23.0 Å². The molecule has 1 amide bonds. The summed E-state index contributed by atoms with van der Waals surface area (Å²) in [5.74, 6) is 0.607. The van der Waals surface area contributed by atoms with Gasteiger partial charge in [-0.25, -0.2) is 0 Å². The Morgan fingerprint density at radius 3 is 2.42 bits per heavy atom. The van der Waals surface area contributed by atoms with Gasteiger partial charge in [0.15, 0.2) is 5.75 Å². The van der Waals surface area contributed by atoms with Crippen molar-refractivity contribution in [2.75, 3.05) is 11.9 Å². The van der Waals surface area contributed by atoms with Crippen LogP contribution in [0.1, 0.15) is 55.6 Å². The maximum absolute atomic E-state index is 13.0. The van der Waals surface area contributed by atoms with Crippen molar-refractivity contribution in [2.45, 2.75) is 57.6 Å². The molecule has 0 bridgehead atoms. The van der Waals surface area contributed by atoms with Crippen LogP contribution >= 0.6 is 0 Å². The summed E-state index contributed by atoms with van der Waals surface area (Å²) in [5, 5.41) is 37.8. The number of amides is 1. The van der Waals surface area contributed by atoms with Crippen LogP contribution in [0, 0.1) is 0 Å². The van der Waals surface area contributed by atoms with Crippen molar-refractivity contribution in [3.05, 3.63) is 77.4 Å². The highest BCUT2D eigenvalue weighted by atomic mass is 16.5. The third-order valence-corrected chi connectivity index (χ3v) is 6.54. The number of carbonyl (C=O) groups excluding carboxylic acids is 1. The number of hydrogen-bond donors (Lipinski definition) is 5. The Labute approximate surface area is 211 Å². The summed E-state index contributed by atoms with van der Waals surface area (Å²) in [4.78, 5) is 13.0. The van der Waals surface area contributed by atoms with E-state index in [9.17, 15) is 20.1 Å². The molecule has 0 radical (unpaired) electrons. The number of para-hydroxylation sites is 3. The molecule has 0 unspecified atom stereocenters. The van der Waals surface area contributed by atoms with E-state index in [2.05, 4.69) is 38.3 Å².